The van der Waals surface area contributed by atoms with Gasteiger partial charge in [0.15, 0.2) is 5.76 Å². The molecule has 0 bridgehead atoms. The Balaban J connectivity index is 1.80. The van der Waals surface area contributed by atoms with Crippen molar-refractivity contribution in [1.82, 2.24) is 0 Å². The van der Waals surface area contributed by atoms with E-state index in [-0.39, 0.29) is 17.7 Å². The summed E-state index contributed by atoms with van der Waals surface area (Å²) in [5.41, 5.74) is 1.69. The lowest BCUT2D eigenvalue weighted by Gasteiger charge is -2.59. The molecule has 1 aliphatic carbocycles. The molecule has 1 N–H and O–H groups in total. The third-order valence-corrected chi connectivity index (χ3v) is 11.9. The quantitative estimate of drug-likeness (QED) is 0.0217. The van der Waals surface area contributed by atoms with Crippen LogP contribution in [0, 0.1) is 36.3 Å². The van der Waals surface area contributed by atoms with Crippen LogP contribution in [0.5, 0.6) is 0 Å². The van der Waals surface area contributed by atoms with Crippen LogP contribution >= 0.6 is 0 Å². The maximum atomic E-state index is 14.9. The van der Waals surface area contributed by atoms with Crippen LogP contribution in [0.15, 0.2) is 175 Å². The van der Waals surface area contributed by atoms with Crippen molar-refractivity contribution in [2.24, 2.45) is 5.92 Å². The molecule has 0 saturated carbocycles. The molecular weight excluding hydrogens is 959 g/mol. The minimum atomic E-state index is -4.25. The van der Waals surface area contributed by atoms with Crippen molar-refractivity contribution in [1.29, 1.82) is 0 Å². The van der Waals surface area contributed by atoms with Gasteiger partial charge in [0.2, 0.25) is 11.7 Å². The minimum Gasteiger partial charge on any atom is -0.494 e. The van der Waals surface area contributed by atoms with Crippen molar-refractivity contribution in [3.8, 4) is 0 Å². The second-order valence-corrected chi connectivity index (χ2v) is 15.9. The summed E-state index contributed by atoms with van der Waals surface area (Å²) in [6.45, 7) is -3.20. The van der Waals surface area contributed by atoms with Crippen LogP contribution in [-0.2, 0) is 89.9 Å². The number of benzene rings is 5. The Morgan fingerprint density at radius 3 is 1.29 bits per heavy atom. The largest absolute Gasteiger partial charge is 0.520 e. The Hall–Kier alpha value is -7.38. The summed E-state index contributed by atoms with van der Waals surface area (Å²) in [5.74, 6) is -24.4. The van der Waals surface area contributed by atoms with Gasteiger partial charge in [0.05, 0.1) is 23.1 Å². The van der Waals surface area contributed by atoms with Gasteiger partial charge in [0.25, 0.3) is 17.4 Å². The molecule has 22 nitrogen and oxygen atoms in total. The van der Waals surface area contributed by atoms with Crippen molar-refractivity contribution < 1.29 is 76.7 Å². The molecule has 6 rings (SSSR count). The molecule has 0 fully saturated rings. The van der Waals surface area contributed by atoms with Crippen molar-refractivity contribution in [2.75, 3.05) is 42.7 Å². The van der Waals surface area contributed by atoms with E-state index in [1.165, 1.54) is 48.5 Å². The number of aliphatic hydroxyl groups excluding tert-OH is 1. The van der Waals surface area contributed by atoms with Crippen molar-refractivity contribution in [3.05, 3.63) is 233 Å². The summed E-state index contributed by atoms with van der Waals surface area (Å²) < 4.78 is 74.7. The van der Waals surface area contributed by atoms with Crippen LogP contribution in [-0.4, -0.2) is 91.7 Å². The Morgan fingerprint density at radius 2 is 0.918 bits per heavy atom. The molecule has 0 heterocycles. The van der Waals surface area contributed by atoms with Gasteiger partial charge in [-0.15, -0.1) is 0 Å². The standard InChI is InChI=1S/C51H55N3O19/c1-62-47(63-2)43(42(68-32-37-22-12-7-13-23-37)45(69-33-38-24-14-8-15-25-38)48(64-3,65-4)51(47,66-5)67-6)49(53(58)59,71-35-40-28-18-10-19-29-40)73-50(54(60)61,72-36-41-30-20-11-21-31-41)44(55)46(52(56)57)70-34-39-26-16-9-17-27-39/h7-31,43,55H,32-36H2,1-6H3. The summed E-state index contributed by atoms with van der Waals surface area (Å²) in [7, 11) is 6.50. The van der Waals surface area contributed by atoms with Crippen molar-refractivity contribution in [2.45, 2.75) is 62.2 Å². The summed E-state index contributed by atoms with van der Waals surface area (Å²) in [6.07, 6.45) is 0. The van der Waals surface area contributed by atoms with Crippen LogP contribution in [0.2, 0.25) is 0 Å². The normalized spacial score (nSPS) is 17.8. The van der Waals surface area contributed by atoms with Gasteiger partial charge in [0, 0.05) is 42.7 Å². The fourth-order valence-corrected chi connectivity index (χ4v) is 8.46. The van der Waals surface area contributed by atoms with Gasteiger partial charge in [0.1, 0.15) is 24.7 Å². The predicted octanol–water partition coefficient (Wildman–Crippen LogP) is 7.76. The molecule has 0 amide bonds. The molecule has 73 heavy (non-hydrogen) atoms. The van der Waals surface area contributed by atoms with Gasteiger partial charge in [-0.25, -0.2) is 0 Å². The first-order chi connectivity index (χ1) is 35.2. The number of hydrogen-bond acceptors (Lipinski definition) is 19. The molecule has 1 aliphatic rings. The second kappa shape index (κ2) is 24.4. The van der Waals surface area contributed by atoms with Crippen molar-refractivity contribution >= 4 is 0 Å². The zero-order chi connectivity index (χ0) is 52.7. The van der Waals surface area contributed by atoms with Crippen LogP contribution in [0.25, 0.3) is 0 Å². The smallest absolute Gasteiger partial charge is 0.494 e. The molecule has 22 heteroatoms. The Bertz CT molecular complexity index is 2650. The molecule has 3 unspecified atom stereocenters. The average Bonchev–Trinajstić information content (AvgIpc) is 3.42. The summed E-state index contributed by atoms with van der Waals surface area (Å²) in [6, 6.07) is 40.3. The van der Waals surface area contributed by atoms with E-state index in [4.69, 9.17) is 56.8 Å². The molecule has 3 atom stereocenters. The molecule has 0 aliphatic heterocycles. The Morgan fingerprint density at radius 1 is 0.521 bits per heavy atom. The van der Waals surface area contributed by atoms with Crippen LogP contribution in [0.1, 0.15) is 27.8 Å². The van der Waals surface area contributed by atoms with Gasteiger partial charge in [-0.05, 0) is 27.8 Å². The highest BCUT2D eigenvalue weighted by Gasteiger charge is 2.87. The van der Waals surface area contributed by atoms with E-state index in [9.17, 15) is 35.4 Å². The number of ether oxygens (including phenoxy) is 12. The lowest BCUT2D eigenvalue weighted by molar-refractivity contribution is -0.790. The number of hydrogen-bond donors (Lipinski definition) is 1. The van der Waals surface area contributed by atoms with E-state index in [1.807, 2.05) is 0 Å². The Kier molecular flexibility index (Phi) is 18.3. The van der Waals surface area contributed by atoms with E-state index in [1.54, 1.807) is 103 Å². The number of nitrogens with zero attached hydrogens (tertiary/aromatic N) is 3. The topological polar surface area (TPSA) is 260 Å². The van der Waals surface area contributed by atoms with Crippen LogP contribution in [0.3, 0.4) is 0 Å². The zero-order valence-electron chi connectivity index (χ0n) is 40.7. The monoisotopic (exact) mass is 1010 g/mol. The third kappa shape index (κ3) is 10.7. The molecule has 0 spiro atoms. The zero-order valence-corrected chi connectivity index (χ0v) is 40.7. The SMILES string of the molecule is COC1(OC)C(OCc2ccccc2)=C(OCc2ccccc2)C(C(OCc2ccccc2)(OC(OCc2ccccc2)(C(O)=C(OCc2ccccc2)[N+](=O)[O-])[N+](=O)[O-])[N+](=O)[O-])C(OC)(OC)C1(OC)OC. The Labute approximate surface area is 419 Å². The van der Waals surface area contributed by atoms with Gasteiger partial charge < -0.3 is 47.7 Å². The highest BCUT2D eigenvalue weighted by atomic mass is 16.9. The second-order valence-electron chi connectivity index (χ2n) is 15.9. The average molecular weight is 1010 g/mol. The van der Waals surface area contributed by atoms with Crippen LogP contribution < -0.4 is 0 Å². The minimum absolute atomic E-state index is 0.168. The summed E-state index contributed by atoms with van der Waals surface area (Å²) in [5, 5.41) is 54.5. The molecular formula is C51H55N3O19. The molecule has 0 saturated heterocycles. The lowest BCUT2D eigenvalue weighted by Crippen LogP contribution is -2.81. The highest BCUT2D eigenvalue weighted by molar-refractivity contribution is 5.33. The third-order valence-electron chi connectivity index (χ3n) is 11.9. The van der Waals surface area contributed by atoms with E-state index in [0.717, 1.165) is 42.7 Å². The molecule has 388 valence electrons. The van der Waals surface area contributed by atoms with Gasteiger partial charge in [-0.3, -0.25) is 39.8 Å². The van der Waals surface area contributed by atoms with E-state index in [0.29, 0.717) is 16.7 Å². The first-order valence-corrected chi connectivity index (χ1v) is 22.2. The summed E-state index contributed by atoms with van der Waals surface area (Å²) >= 11 is 0. The lowest BCUT2D eigenvalue weighted by atomic mass is 9.74. The first kappa shape index (κ1) is 54.9. The molecule has 0 aromatic heterocycles. The van der Waals surface area contributed by atoms with Gasteiger partial charge >= 0.3 is 23.5 Å². The fourth-order valence-electron chi connectivity index (χ4n) is 8.46. The van der Waals surface area contributed by atoms with Crippen LogP contribution in [0.4, 0.5) is 0 Å². The summed E-state index contributed by atoms with van der Waals surface area (Å²) in [4.78, 5) is 38.1. The van der Waals surface area contributed by atoms with E-state index < -0.39 is 99.5 Å². The first-order valence-electron chi connectivity index (χ1n) is 22.2. The highest BCUT2D eigenvalue weighted by Crippen LogP contribution is 2.61. The molecule has 0 radical (unpaired) electrons. The number of aliphatic hydroxyl groups is 1. The predicted molar refractivity (Wildman–Crippen MR) is 254 cm³/mol. The number of nitro groups is 3. The van der Waals surface area contributed by atoms with Gasteiger partial charge in [-0.2, -0.15) is 4.74 Å². The molecule has 5 aromatic rings. The van der Waals surface area contributed by atoms with E-state index in [2.05, 4.69) is 0 Å². The maximum Gasteiger partial charge on any atom is 0.520 e. The van der Waals surface area contributed by atoms with Crippen molar-refractivity contribution in [3.63, 3.8) is 0 Å². The van der Waals surface area contributed by atoms with E-state index >= 15 is 0 Å². The molecule has 5 aromatic carbocycles. The number of rotatable bonds is 28. The van der Waals surface area contributed by atoms with Gasteiger partial charge in [-0.1, -0.05) is 152 Å². The maximum absolute atomic E-state index is 14.9. The fraction of sp³-hybridized carbons (Fsp3) is 0.333. The number of methoxy groups -OCH3 is 6.